The van der Waals surface area contributed by atoms with Gasteiger partial charge in [-0.25, -0.2) is 0 Å². The van der Waals surface area contributed by atoms with Crippen LogP contribution < -0.4 is 14.2 Å². The third kappa shape index (κ3) is 6.55. The minimum Gasteiger partial charge on any atom is -0.508 e. The molecule has 7 atom stereocenters. The SMILES string of the molecule is Oc1cc(O)c2c(c1)O[C@H](c1cc(O)c(O)cc1-c1c(O)cc(O)c3c1O[C@@H](c1ccc(O)c(O)c1)[C@@H](O)[C@H]3c1c(O)cc(O)c3c1O[C@H](c1ccc(O)c(O)c1)[C@@H](O)C3)[C@@H](O)C2. The largest absolute Gasteiger partial charge is 0.508 e. The van der Waals surface area contributed by atoms with Gasteiger partial charge in [-0.2, -0.15) is 0 Å². The summed E-state index contributed by atoms with van der Waals surface area (Å²) < 4.78 is 18.9. The summed E-state index contributed by atoms with van der Waals surface area (Å²) >= 11 is 0. The number of aromatic hydroxyl groups is 12. The molecule has 0 spiro atoms. The number of benzene rings is 6. The Hall–Kier alpha value is -7.80. The highest BCUT2D eigenvalue weighted by Crippen LogP contribution is 2.61. The average molecular weight is 867 g/mol. The summed E-state index contributed by atoms with van der Waals surface area (Å²) in [4.78, 5) is 0. The second-order valence-electron chi connectivity index (χ2n) is 15.7. The molecule has 6 aromatic carbocycles. The Balaban J connectivity index is 1.29. The van der Waals surface area contributed by atoms with E-state index in [0.29, 0.717) is 0 Å². The van der Waals surface area contributed by atoms with Crippen molar-refractivity contribution in [3.8, 4) is 97.4 Å². The second kappa shape index (κ2) is 14.7. The van der Waals surface area contributed by atoms with Gasteiger partial charge in [0, 0.05) is 70.5 Å². The van der Waals surface area contributed by atoms with Crippen LogP contribution in [-0.4, -0.2) is 94.9 Å². The maximum Gasteiger partial charge on any atom is 0.158 e. The third-order valence-electron chi connectivity index (χ3n) is 11.7. The Morgan fingerprint density at radius 2 is 0.937 bits per heavy atom. The first kappa shape index (κ1) is 40.6. The fourth-order valence-corrected chi connectivity index (χ4v) is 8.80. The lowest BCUT2D eigenvalue weighted by atomic mass is 9.76. The molecule has 0 bridgehead atoms. The first-order valence-electron chi connectivity index (χ1n) is 19.3. The van der Waals surface area contributed by atoms with Crippen LogP contribution in [0.5, 0.6) is 86.2 Å². The lowest BCUT2D eigenvalue weighted by Crippen LogP contribution is -2.37. The van der Waals surface area contributed by atoms with Crippen LogP contribution in [0, 0.1) is 0 Å². The fourth-order valence-electron chi connectivity index (χ4n) is 8.80. The van der Waals surface area contributed by atoms with Crippen LogP contribution in [-0.2, 0) is 12.8 Å². The zero-order valence-corrected chi connectivity index (χ0v) is 32.3. The molecule has 9 rings (SSSR count). The van der Waals surface area contributed by atoms with Crippen molar-refractivity contribution in [3.63, 3.8) is 0 Å². The number of hydrogen-bond acceptors (Lipinski definition) is 18. The van der Waals surface area contributed by atoms with Crippen LogP contribution in [0.2, 0.25) is 0 Å². The monoisotopic (exact) mass is 866 g/mol. The van der Waals surface area contributed by atoms with Crippen molar-refractivity contribution in [2.45, 2.75) is 55.4 Å². The lowest BCUT2D eigenvalue weighted by Gasteiger charge is -2.41. The highest BCUT2D eigenvalue weighted by atomic mass is 16.5. The van der Waals surface area contributed by atoms with E-state index in [1.54, 1.807) is 0 Å². The predicted octanol–water partition coefficient (Wildman–Crippen LogP) is 4.52. The molecule has 0 amide bonds. The highest BCUT2D eigenvalue weighted by Gasteiger charge is 2.48. The number of hydrogen-bond donors (Lipinski definition) is 15. The third-order valence-corrected chi connectivity index (χ3v) is 11.7. The Morgan fingerprint density at radius 1 is 0.413 bits per heavy atom. The molecule has 0 saturated heterocycles. The van der Waals surface area contributed by atoms with E-state index in [1.165, 1.54) is 18.2 Å². The van der Waals surface area contributed by atoms with Gasteiger partial charge >= 0.3 is 0 Å². The number of fused-ring (bicyclic) bond motifs is 3. The first-order valence-corrected chi connectivity index (χ1v) is 19.3. The molecule has 3 heterocycles. The van der Waals surface area contributed by atoms with Crippen LogP contribution in [0.1, 0.15) is 63.2 Å². The quantitative estimate of drug-likeness (QED) is 0.106. The lowest BCUT2D eigenvalue weighted by molar-refractivity contribution is 0.00143. The molecule has 3 aliphatic rings. The van der Waals surface area contributed by atoms with E-state index in [2.05, 4.69) is 0 Å². The maximum atomic E-state index is 12.5. The molecule has 0 aliphatic carbocycles. The van der Waals surface area contributed by atoms with Crippen molar-refractivity contribution in [3.05, 3.63) is 112 Å². The van der Waals surface area contributed by atoms with Crippen LogP contribution >= 0.6 is 0 Å². The van der Waals surface area contributed by atoms with Crippen molar-refractivity contribution in [1.82, 2.24) is 0 Å². The summed E-state index contributed by atoms with van der Waals surface area (Å²) in [6.45, 7) is 0. The zero-order chi connectivity index (χ0) is 44.9. The van der Waals surface area contributed by atoms with Crippen molar-refractivity contribution >= 4 is 0 Å². The minimum atomic E-state index is -1.89. The number of phenolic OH excluding ortho intramolecular Hbond substituents is 12. The van der Waals surface area contributed by atoms with Gasteiger partial charge in [-0.1, -0.05) is 12.1 Å². The van der Waals surface area contributed by atoms with Crippen LogP contribution in [0.25, 0.3) is 11.1 Å². The number of phenols is 12. The van der Waals surface area contributed by atoms with E-state index in [9.17, 15) is 76.6 Å². The van der Waals surface area contributed by atoms with Gasteiger partial charge in [0.15, 0.2) is 46.7 Å². The molecule has 18 heteroatoms. The fraction of sp³-hybridized carbons (Fsp3) is 0.200. The molecular weight excluding hydrogens is 828 g/mol. The molecule has 0 saturated carbocycles. The van der Waals surface area contributed by atoms with Crippen molar-refractivity contribution in [1.29, 1.82) is 0 Å². The standard InChI is InChI=1S/C45H38O18/c46-17-7-24(49)20-11-34(59)43(61-35(20)8-17)19-10-29(54)28(53)9-18(19)36-30(55)14-32(57)38-39(40(60)42(63-45(36)38)16-2-4-23(48)27(52)6-16)37-31(56)13-25(50)21-12-33(58)41(62-44(21)37)15-1-3-22(47)26(51)5-15/h1-10,13-14,33-34,39-43,46-60H,11-12H2/t33-,34-,39-,40-,41+,42-,43+/m0/s1. The first-order chi connectivity index (χ1) is 29.9. The molecule has 18 nitrogen and oxygen atoms in total. The molecule has 0 aromatic heterocycles. The van der Waals surface area contributed by atoms with Gasteiger partial charge in [0.25, 0.3) is 0 Å². The Labute approximate surface area is 354 Å². The summed E-state index contributed by atoms with van der Waals surface area (Å²) in [5.41, 5.74) is -1.05. The molecular formula is C45H38O18. The molecule has 3 aliphatic heterocycles. The topological polar surface area (TPSA) is 331 Å². The van der Waals surface area contributed by atoms with Gasteiger partial charge in [-0.05, 0) is 47.5 Å². The summed E-state index contributed by atoms with van der Waals surface area (Å²) in [5, 5.41) is 165. The van der Waals surface area contributed by atoms with Crippen LogP contribution in [0.15, 0.2) is 72.8 Å². The van der Waals surface area contributed by atoms with Gasteiger partial charge in [0.2, 0.25) is 0 Å². The van der Waals surface area contributed by atoms with Gasteiger partial charge in [-0.3, -0.25) is 0 Å². The molecule has 0 unspecified atom stereocenters. The summed E-state index contributed by atoms with van der Waals surface area (Å²) in [7, 11) is 0. The minimum absolute atomic E-state index is 0.000751. The van der Waals surface area contributed by atoms with E-state index in [4.69, 9.17) is 14.2 Å². The maximum absolute atomic E-state index is 12.5. The summed E-state index contributed by atoms with van der Waals surface area (Å²) in [5.74, 6) is -9.59. The smallest absolute Gasteiger partial charge is 0.158 e. The summed E-state index contributed by atoms with van der Waals surface area (Å²) in [6.07, 6.45) is -9.73. The number of ether oxygens (including phenoxy) is 3. The van der Waals surface area contributed by atoms with Gasteiger partial charge in [0.1, 0.15) is 64.0 Å². The van der Waals surface area contributed by atoms with Crippen LogP contribution in [0.4, 0.5) is 0 Å². The van der Waals surface area contributed by atoms with Gasteiger partial charge in [0.05, 0.1) is 23.7 Å². The number of aliphatic hydroxyl groups is 3. The average Bonchev–Trinajstić information content (AvgIpc) is 3.22. The molecule has 63 heavy (non-hydrogen) atoms. The van der Waals surface area contributed by atoms with Crippen molar-refractivity contribution in [2.24, 2.45) is 0 Å². The molecule has 326 valence electrons. The van der Waals surface area contributed by atoms with Crippen LogP contribution in [0.3, 0.4) is 0 Å². The normalized spacial score (nSPS) is 22.4. The Bertz CT molecular complexity index is 2860. The van der Waals surface area contributed by atoms with Gasteiger partial charge < -0.3 is 90.8 Å². The highest BCUT2D eigenvalue weighted by molar-refractivity contribution is 5.85. The Kier molecular flexibility index (Phi) is 9.46. The molecule has 6 aromatic rings. The molecule has 15 N–H and O–H groups in total. The summed E-state index contributed by atoms with van der Waals surface area (Å²) in [6, 6.07) is 13.1. The number of aliphatic hydroxyl groups excluding tert-OH is 3. The van der Waals surface area contributed by atoms with Crippen molar-refractivity contribution < 1.29 is 90.8 Å². The van der Waals surface area contributed by atoms with E-state index in [-0.39, 0.29) is 85.9 Å². The van der Waals surface area contributed by atoms with Gasteiger partial charge in [-0.15, -0.1) is 0 Å². The number of rotatable bonds is 5. The molecule has 0 radical (unpaired) electrons. The Morgan fingerprint density at radius 3 is 1.59 bits per heavy atom. The second-order valence-corrected chi connectivity index (χ2v) is 15.7. The van der Waals surface area contributed by atoms with Crippen molar-refractivity contribution in [2.75, 3.05) is 0 Å². The molecule has 0 fully saturated rings. The van der Waals surface area contributed by atoms with E-state index in [0.717, 1.165) is 54.6 Å². The zero-order valence-electron chi connectivity index (χ0n) is 32.3. The van der Waals surface area contributed by atoms with E-state index < -0.39 is 106 Å². The predicted molar refractivity (Wildman–Crippen MR) is 215 cm³/mol. The van der Waals surface area contributed by atoms with E-state index in [1.807, 2.05) is 0 Å². The van der Waals surface area contributed by atoms with E-state index >= 15 is 0 Å².